The Hall–Kier alpha value is -3.26. The fourth-order valence-electron chi connectivity index (χ4n) is 2.66. The number of carbonyl (C=O) groups excluding carboxylic acids is 4. The second kappa shape index (κ2) is 11.6. The Balaban J connectivity index is 2.26. The van der Waals surface area contributed by atoms with Crippen molar-refractivity contribution in [3.05, 3.63) is 11.1 Å². The first kappa shape index (κ1) is 29.0. The summed E-state index contributed by atoms with van der Waals surface area (Å²) in [5.41, 5.74) is 3.09. The number of carbonyl (C=O) groups is 4. The van der Waals surface area contributed by atoms with Crippen molar-refractivity contribution in [2.75, 3.05) is 18.5 Å². The first-order valence-electron chi connectivity index (χ1n) is 11.3. The highest BCUT2D eigenvalue weighted by Crippen LogP contribution is 2.20. The normalized spacial score (nSPS) is 18.1. The van der Waals surface area contributed by atoms with Crippen molar-refractivity contribution < 1.29 is 33.5 Å². The van der Waals surface area contributed by atoms with Gasteiger partial charge in [-0.2, -0.15) is 0 Å². The molecule has 1 aliphatic rings. The molecule has 0 bridgehead atoms. The van der Waals surface area contributed by atoms with Crippen LogP contribution in [0.25, 0.3) is 0 Å². The summed E-state index contributed by atoms with van der Waals surface area (Å²) >= 11 is 1.01. The molecule has 2 rings (SSSR count). The van der Waals surface area contributed by atoms with Gasteiger partial charge in [-0.25, -0.2) is 14.6 Å². The molecule has 13 nitrogen and oxygen atoms in total. The number of anilines is 1. The number of ether oxygens (including phenoxy) is 2. The van der Waals surface area contributed by atoms with Crippen LogP contribution in [-0.4, -0.2) is 71.0 Å². The molecule has 1 fully saturated rings. The van der Waals surface area contributed by atoms with E-state index in [2.05, 4.69) is 26.1 Å². The van der Waals surface area contributed by atoms with Crippen molar-refractivity contribution in [2.45, 2.75) is 71.8 Å². The first-order chi connectivity index (χ1) is 16.6. The van der Waals surface area contributed by atoms with Crippen molar-refractivity contribution in [3.63, 3.8) is 0 Å². The number of β-lactam (4-membered cyclic amide) rings is 1. The molecule has 2 heterocycles. The van der Waals surface area contributed by atoms with Gasteiger partial charge in [-0.3, -0.25) is 14.9 Å². The minimum absolute atomic E-state index is 0.0407. The summed E-state index contributed by atoms with van der Waals surface area (Å²) in [4.78, 5) is 59.1. The average molecular weight is 527 g/mol. The van der Waals surface area contributed by atoms with Gasteiger partial charge in [0.2, 0.25) is 11.5 Å². The van der Waals surface area contributed by atoms with Crippen LogP contribution in [0.1, 0.15) is 54.2 Å². The zero-order valence-corrected chi connectivity index (χ0v) is 22.3. The fraction of sp³-hybridized carbons (Fsp3) is 0.636. The zero-order chi connectivity index (χ0) is 27.3. The number of nitrogens with two attached hydrogens (primary N) is 1. The summed E-state index contributed by atoms with van der Waals surface area (Å²) in [5, 5.41) is 13.1. The number of amides is 3. The summed E-state index contributed by atoms with van der Waals surface area (Å²) in [7, 11) is 0. The quantitative estimate of drug-likeness (QED) is 0.150. The van der Waals surface area contributed by atoms with Gasteiger partial charge in [-0.1, -0.05) is 19.0 Å². The fourth-order valence-corrected chi connectivity index (χ4v) is 3.34. The summed E-state index contributed by atoms with van der Waals surface area (Å²) in [6.07, 6.45) is -0.728. The molecule has 5 N–H and O–H groups in total. The van der Waals surface area contributed by atoms with Crippen LogP contribution in [0.15, 0.2) is 10.5 Å². The number of nitrogens with zero attached hydrogens (tertiary/aromatic N) is 2. The molecule has 0 radical (unpaired) electrons. The minimum Gasteiger partial charge on any atom is -0.462 e. The predicted molar refractivity (Wildman–Crippen MR) is 132 cm³/mol. The summed E-state index contributed by atoms with van der Waals surface area (Å²) in [6.45, 7) is 12.1. The maximum absolute atomic E-state index is 13.1. The number of hydrogen-bond acceptors (Lipinski definition) is 11. The largest absolute Gasteiger partial charge is 0.462 e. The Morgan fingerprint density at radius 1 is 1.25 bits per heavy atom. The molecule has 14 heteroatoms. The van der Waals surface area contributed by atoms with Gasteiger partial charge < -0.3 is 30.7 Å². The molecule has 2 atom stereocenters. The van der Waals surface area contributed by atoms with Crippen molar-refractivity contribution in [1.82, 2.24) is 15.6 Å². The van der Waals surface area contributed by atoms with Gasteiger partial charge in [0.1, 0.15) is 17.3 Å². The monoisotopic (exact) mass is 526 g/mol. The lowest BCUT2D eigenvalue weighted by Crippen LogP contribution is -2.71. The SMILES string of the molecule is CC(C)COC(=O)C(C)(C)O/N=C(\C(=O)N[C@@H]1C(=O)N[C@@H]1CN)c1csc(NC(=O)OC(C)(C)C)n1. The molecule has 3 amide bonds. The topological polar surface area (TPSA) is 183 Å². The van der Waals surface area contributed by atoms with Gasteiger partial charge in [0.05, 0.1) is 12.6 Å². The Morgan fingerprint density at radius 3 is 2.47 bits per heavy atom. The van der Waals surface area contributed by atoms with Gasteiger partial charge in [0, 0.05) is 11.9 Å². The van der Waals surface area contributed by atoms with Crippen molar-refractivity contribution >= 4 is 46.1 Å². The van der Waals surface area contributed by atoms with Crippen LogP contribution in [0.5, 0.6) is 0 Å². The van der Waals surface area contributed by atoms with E-state index in [-0.39, 0.29) is 35.6 Å². The maximum atomic E-state index is 13.1. The second-order valence-corrected chi connectivity index (χ2v) is 10.9. The molecule has 200 valence electrons. The second-order valence-electron chi connectivity index (χ2n) is 10.0. The third-order valence-corrected chi connectivity index (χ3v) is 5.28. The molecule has 0 aromatic carbocycles. The highest BCUT2D eigenvalue weighted by molar-refractivity contribution is 7.14. The van der Waals surface area contributed by atoms with Gasteiger partial charge in [-0.15, -0.1) is 11.3 Å². The van der Waals surface area contributed by atoms with E-state index in [0.717, 1.165) is 11.3 Å². The number of hydrogen-bond donors (Lipinski definition) is 4. The van der Waals surface area contributed by atoms with Crippen LogP contribution < -0.4 is 21.7 Å². The van der Waals surface area contributed by atoms with Gasteiger partial charge in [0.25, 0.3) is 5.91 Å². The molecule has 0 spiro atoms. The number of rotatable bonds is 10. The summed E-state index contributed by atoms with van der Waals surface area (Å²) in [6, 6.07) is -1.30. The lowest BCUT2D eigenvalue weighted by atomic mass is 9.99. The molecular formula is C22H34N6O7S. The highest BCUT2D eigenvalue weighted by Gasteiger charge is 2.41. The van der Waals surface area contributed by atoms with Crippen LogP contribution in [0.2, 0.25) is 0 Å². The molecular weight excluding hydrogens is 492 g/mol. The number of thiazole rings is 1. The molecule has 1 aromatic heterocycles. The maximum Gasteiger partial charge on any atom is 0.413 e. The molecule has 0 saturated carbocycles. The van der Waals surface area contributed by atoms with Crippen molar-refractivity contribution in [2.24, 2.45) is 16.8 Å². The average Bonchev–Trinajstić information content (AvgIpc) is 3.20. The van der Waals surface area contributed by atoms with E-state index in [1.807, 2.05) is 13.8 Å². The van der Waals surface area contributed by atoms with E-state index < -0.39 is 47.2 Å². The van der Waals surface area contributed by atoms with E-state index in [4.69, 9.17) is 20.0 Å². The van der Waals surface area contributed by atoms with E-state index in [1.54, 1.807) is 20.8 Å². The minimum atomic E-state index is -1.53. The van der Waals surface area contributed by atoms with Gasteiger partial charge in [0.15, 0.2) is 10.8 Å². The number of nitrogens with one attached hydrogen (secondary N) is 3. The standard InChI is InChI=1S/C22H34N6O7S/c1-11(2)9-33-18(31)22(6,7)35-28-15(17(30)26-14-12(8-23)24-16(14)29)13-10-36-19(25-13)27-20(32)34-21(3,4)5/h10-12,14H,8-9,23H2,1-7H3,(H,24,29)(H,26,30)(H,25,27,32)/b28-15-/t12-,14+/m1/s1. The lowest BCUT2D eigenvalue weighted by Gasteiger charge is -2.36. The van der Waals surface area contributed by atoms with Crippen LogP contribution in [0.3, 0.4) is 0 Å². The number of aromatic nitrogens is 1. The van der Waals surface area contributed by atoms with Crippen LogP contribution in [0.4, 0.5) is 9.93 Å². The first-order valence-corrected chi connectivity index (χ1v) is 12.2. The van der Waals surface area contributed by atoms with Crippen molar-refractivity contribution in [3.8, 4) is 0 Å². The summed E-state index contributed by atoms with van der Waals surface area (Å²) < 4.78 is 10.4. The Labute approximate surface area is 213 Å². The Kier molecular flexibility index (Phi) is 9.38. The predicted octanol–water partition coefficient (Wildman–Crippen LogP) is 1.13. The van der Waals surface area contributed by atoms with Crippen LogP contribution in [0, 0.1) is 5.92 Å². The van der Waals surface area contributed by atoms with Crippen LogP contribution in [-0.2, 0) is 28.7 Å². The van der Waals surface area contributed by atoms with E-state index in [0.29, 0.717) is 0 Å². The zero-order valence-electron chi connectivity index (χ0n) is 21.5. The summed E-state index contributed by atoms with van der Waals surface area (Å²) in [5.74, 6) is -1.74. The number of oxime groups is 1. The van der Waals surface area contributed by atoms with Gasteiger partial charge >= 0.3 is 12.1 Å². The Bertz CT molecular complexity index is 1010. The van der Waals surface area contributed by atoms with Crippen LogP contribution >= 0.6 is 11.3 Å². The number of esters is 1. The molecule has 1 aliphatic heterocycles. The smallest absolute Gasteiger partial charge is 0.413 e. The molecule has 36 heavy (non-hydrogen) atoms. The highest BCUT2D eigenvalue weighted by atomic mass is 32.1. The third-order valence-electron chi connectivity index (χ3n) is 4.53. The lowest BCUT2D eigenvalue weighted by molar-refractivity contribution is -0.169. The van der Waals surface area contributed by atoms with Gasteiger partial charge in [-0.05, 0) is 40.5 Å². The van der Waals surface area contributed by atoms with Crippen molar-refractivity contribution in [1.29, 1.82) is 0 Å². The van der Waals surface area contributed by atoms with E-state index in [1.165, 1.54) is 19.2 Å². The third kappa shape index (κ3) is 8.16. The van der Waals surface area contributed by atoms with E-state index >= 15 is 0 Å². The molecule has 1 saturated heterocycles. The Morgan fingerprint density at radius 2 is 1.92 bits per heavy atom. The van der Waals surface area contributed by atoms with E-state index in [9.17, 15) is 19.2 Å². The molecule has 1 aromatic rings. The molecule has 0 unspecified atom stereocenters. The molecule has 0 aliphatic carbocycles.